The molecular formula is C18H15ClFN3O3. The highest BCUT2D eigenvalue weighted by atomic mass is 35.5. The van der Waals surface area contributed by atoms with Gasteiger partial charge < -0.3 is 15.4 Å². The minimum atomic E-state index is -0.960. The van der Waals surface area contributed by atoms with Crippen LogP contribution in [0.15, 0.2) is 42.5 Å². The molecule has 6 nitrogen and oxygen atoms in total. The number of benzene rings is 2. The van der Waals surface area contributed by atoms with Gasteiger partial charge >= 0.3 is 11.8 Å². The van der Waals surface area contributed by atoms with Crippen LogP contribution < -0.4 is 10.6 Å². The van der Waals surface area contributed by atoms with Crippen molar-refractivity contribution >= 4 is 29.1 Å². The van der Waals surface area contributed by atoms with Crippen molar-refractivity contribution < 1.29 is 18.7 Å². The minimum absolute atomic E-state index is 0.0349. The van der Waals surface area contributed by atoms with E-state index in [0.29, 0.717) is 10.6 Å². The lowest BCUT2D eigenvalue weighted by Gasteiger charge is -2.16. The third-order valence-corrected chi connectivity index (χ3v) is 3.74. The molecule has 0 bridgehead atoms. The Morgan fingerprint density at radius 2 is 2.04 bits per heavy atom. The van der Waals surface area contributed by atoms with Crippen LogP contribution in [0.25, 0.3) is 0 Å². The molecule has 2 rings (SSSR count). The Hall–Kier alpha value is -2.95. The van der Waals surface area contributed by atoms with Gasteiger partial charge in [0, 0.05) is 18.7 Å². The van der Waals surface area contributed by atoms with Gasteiger partial charge in [0.15, 0.2) is 0 Å². The zero-order chi connectivity index (χ0) is 19.1. The molecule has 0 radical (unpaired) electrons. The Bertz CT molecular complexity index is 867. The molecule has 0 aliphatic heterocycles. The summed E-state index contributed by atoms with van der Waals surface area (Å²) in [6.07, 6.45) is -0.622. The van der Waals surface area contributed by atoms with Gasteiger partial charge in [0.1, 0.15) is 11.9 Å². The average Bonchev–Trinajstić information content (AvgIpc) is 2.62. The van der Waals surface area contributed by atoms with Crippen molar-refractivity contribution in [2.75, 3.05) is 19.0 Å². The van der Waals surface area contributed by atoms with E-state index >= 15 is 0 Å². The number of nitriles is 1. The number of rotatable bonds is 5. The van der Waals surface area contributed by atoms with Crippen molar-refractivity contribution in [3.05, 3.63) is 64.4 Å². The Labute approximate surface area is 154 Å². The summed E-state index contributed by atoms with van der Waals surface area (Å²) in [4.78, 5) is 24.0. The molecule has 0 saturated heterocycles. The molecular weight excluding hydrogens is 361 g/mol. The Morgan fingerprint density at radius 3 is 2.69 bits per heavy atom. The van der Waals surface area contributed by atoms with E-state index in [1.54, 1.807) is 6.07 Å². The molecule has 2 N–H and O–H groups in total. The summed E-state index contributed by atoms with van der Waals surface area (Å²) < 4.78 is 18.5. The predicted molar refractivity (Wildman–Crippen MR) is 94.0 cm³/mol. The third kappa shape index (κ3) is 5.02. The Balaban J connectivity index is 2.00. The lowest BCUT2D eigenvalue weighted by Crippen LogP contribution is -2.38. The first-order valence-corrected chi connectivity index (χ1v) is 7.89. The van der Waals surface area contributed by atoms with E-state index in [2.05, 4.69) is 10.6 Å². The van der Waals surface area contributed by atoms with Gasteiger partial charge in [0.2, 0.25) is 0 Å². The number of nitrogens with one attached hydrogen (secondary N) is 2. The standard InChI is InChI=1S/C18H15ClFN3O3/c1-26-16(11-3-2-4-14(20)7-11)10-22-17(24)18(25)23-15-8-13(19)6-5-12(15)9-21/h2-8,16H,10H2,1H3,(H,22,24)(H,23,25). The van der Waals surface area contributed by atoms with Crippen molar-refractivity contribution in [1.82, 2.24) is 5.32 Å². The molecule has 8 heteroatoms. The monoisotopic (exact) mass is 375 g/mol. The van der Waals surface area contributed by atoms with Crippen LogP contribution in [0, 0.1) is 17.1 Å². The number of halogens is 2. The molecule has 134 valence electrons. The van der Waals surface area contributed by atoms with Gasteiger partial charge in [-0.15, -0.1) is 0 Å². The summed E-state index contributed by atoms with van der Waals surface area (Å²) in [6.45, 7) is -0.0349. The zero-order valence-corrected chi connectivity index (χ0v) is 14.5. The minimum Gasteiger partial charge on any atom is -0.375 e. The van der Waals surface area contributed by atoms with Crippen LogP contribution in [0.3, 0.4) is 0 Å². The number of nitrogens with zero attached hydrogens (tertiary/aromatic N) is 1. The molecule has 0 fully saturated rings. The topological polar surface area (TPSA) is 91.2 Å². The van der Waals surface area contributed by atoms with Crippen molar-refractivity contribution in [2.24, 2.45) is 0 Å². The molecule has 2 aromatic rings. The summed E-state index contributed by atoms with van der Waals surface area (Å²) in [5.41, 5.74) is 0.827. The van der Waals surface area contributed by atoms with E-state index in [0.717, 1.165) is 0 Å². The number of methoxy groups -OCH3 is 1. The van der Waals surface area contributed by atoms with Gasteiger partial charge in [-0.2, -0.15) is 5.26 Å². The molecule has 0 aromatic heterocycles. The molecule has 0 heterocycles. The summed E-state index contributed by atoms with van der Waals surface area (Å²) in [7, 11) is 1.41. The number of carbonyl (C=O) groups is 2. The van der Waals surface area contributed by atoms with E-state index in [1.165, 1.54) is 43.5 Å². The molecule has 1 atom stereocenters. The summed E-state index contributed by atoms with van der Waals surface area (Å²) in [6, 6.07) is 11.9. The maximum atomic E-state index is 13.3. The molecule has 26 heavy (non-hydrogen) atoms. The van der Waals surface area contributed by atoms with Crippen LogP contribution in [-0.4, -0.2) is 25.5 Å². The van der Waals surface area contributed by atoms with Crippen molar-refractivity contribution in [3.63, 3.8) is 0 Å². The second kappa shape index (κ2) is 8.94. The second-order valence-corrected chi connectivity index (χ2v) is 5.68. The fourth-order valence-electron chi connectivity index (χ4n) is 2.21. The summed E-state index contributed by atoms with van der Waals surface area (Å²) in [5, 5.41) is 14.1. The Morgan fingerprint density at radius 1 is 1.27 bits per heavy atom. The largest absolute Gasteiger partial charge is 0.375 e. The molecule has 1 unspecified atom stereocenters. The summed E-state index contributed by atoms with van der Waals surface area (Å²) >= 11 is 5.83. The van der Waals surface area contributed by atoms with Crippen molar-refractivity contribution in [1.29, 1.82) is 5.26 Å². The molecule has 0 spiro atoms. The van der Waals surface area contributed by atoms with Gasteiger partial charge in [-0.3, -0.25) is 9.59 Å². The van der Waals surface area contributed by atoms with E-state index in [1.807, 2.05) is 6.07 Å². The number of hydrogen-bond donors (Lipinski definition) is 2. The molecule has 0 saturated carbocycles. The third-order valence-electron chi connectivity index (χ3n) is 3.51. The fourth-order valence-corrected chi connectivity index (χ4v) is 2.38. The van der Waals surface area contributed by atoms with Crippen LogP contribution in [0.4, 0.5) is 10.1 Å². The van der Waals surface area contributed by atoms with Gasteiger partial charge in [-0.05, 0) is 35.9 Å². The first-order valence-electron chi connectivity index (χ1n) is 7.51. The fraction of sp³-hybridized carbons (Fsp3) is 0.167. The number of carbonyl (C=O) groups excluding carboxylic acids is 2. The van der Waals surface area contributed by atoms with Gasteiger partial charge in [0.25, 0.3) is 0 Å². The first-order chi connectivity index (χ1) is 12.4. The van der Waals surface area contributed by atoms with Gasteiger partial charge in [0.05, 0.1) is 17.4 Å². The number of ether oxygens (including phenoxy) is 1. The van der Waals surface area contributed by atoms with E-state index in [4.69, 9.17) is 21.6 Å². The highest BCUT2D eigenvalue weighted by Gasteiger charge is 2.18. The van der Waals surface area contributed by atoms with Crippen molar-refractivity contribution in [3.8, 4) is 6.07 Å². The molecule has 0 aliphatic rings. The maximum absolute atomic E-state index is 13.3. The van der Waals surface area contributed by atoms with Crippen LogP contribution >= 0.6 is 11.6 Å². The van der Waals surface area contributed by atoms with E-state index in [9.17, 15) is 14.0 Å². The van der Waals surface area contributed by atoms with Crippen LogP contribution in [-0.2, 0) is 14.3 Å². The molecule has 2 amide bonds. The maximum Gasteiger partial charge on any atom is 0.313 e. The first kappa shape index (κ1) is 19.4. The average molecular weight is 376 g/mol. The van der Waals surface area contributed by atoms with Crippen LogP contribution in [0.1, 0.15) is 17.2 Å². The molecule has 2 aromatic carbocycles. The number of anilines is 1. The number of amides is 2. The van der Waals surface area contributed by atoms with Gasteiger partial charge in [-0.1, -0.05) is 23.7 Å². The SMILES string of the molecule is COC(CNC(=O)C(=O)Nc1cc(Cl)ccc1C#N)c1cccc(F)c1. The normalized spacial score (nSPS) is 11.3. The van der Waals surface area contributed by atoms with Crippen LogP contribution in [0.5, 0.6) is 0 Å². The highest BCUT2D eigenvalue weighted by Crippen LogP contribution is 2.20. The van der Waals surface area contributed by atoms with Crippen molar-refractivity contribution in [2.45, 2.75) is 6.10 Å². The van der Waals surface area contributed by atoms with Gasteiger partial charge in [-0.25, -0.2) is 4.39 Å². The summed E-state index contributed by atoms with van der Waals surface area (Å²) in [5.74, 6) is -2.32. The molecule has 0 aliphatic carbocycles. The Kier molecular flexibility index (Phi) is 6.67. The van der Waals surface area contributed by atoms with E-state index < -0.39 is 23.7 Å². The van der Waals surface area contributed by atoms with E-state index in [-0.39, 0.29) is 17.8 Å². The second-order valence-electron chi connectivity index (χ2n) is 5.25. The predicted octanol–water partition coefficient (Wildman–Crippen LogP) is 2.79. The smallest absolute Gasteiger partial charge is 0.313 e. The lowest BCUT2D eigenvalue weighted by atomic mass is 10.1. The highest BCUT2D eigenvalue weighted by molar-refractivity contribution is 6.40. The van der Waals surface area contributed by atoms with Crippen LogP contribution in [0.2, 0.25) is 5.02 Å². The zero-order valence-electron chi connectivity index (χ0n) is 13.8. The quantitative estimate of drug-likeness (QED) is 0.786. The number of hydrogen-bond acceptors (Lipinski definition) is 4. The lowest BCUT2D eigenvalue weighted by molar-refractivity contribution is -0.136.